The summed E-state index contributed by atoms with van der Waals surface area (Å²) in [6.45, 7) is 4.17. The van der Waals surface area contributed by atoms with Crippen LogP contribution < -0.4 is 10.2 Å². The Morgan fingerprint density at radius 3 is 2.88 bits per heavy atom. The van der Waals surface area contributed by atoms with Crippen molar-refractivity contribution in [1.29, 1.82) is 0 Å². The van der Waals surface area contributed by atoms with Crippen molar-refractivity contribution >= 4 is 21.6 Å². The van der Waals surface area contributed by atoms with Crippen molar-refractivity contribution in [3.8, 4) is 0 Å². The van der Waals surface area contributed by atoms with Gasteiger partial charge in [0.1, 0.15) is 5.82 Å². The van der Waals surface area contributed by atoms with E-state index in [-0.39, 0.29) is 5.82 Å². The van der Waals surface area contributed by atoms with Crippen LogP contribution in [-0.4, -0.2) is 26.2 Å². The summed E-state index contributed by atoms with van der Waals surface area (Å²) in [5, 5.41) is 3.34. The second kappa shape index (κ2) is 5.36. The molecule has 1 N–H and O–H groups in total. The molecular formula is C13H18BrFN2. The number of hydrogen-bond acceptors (Lipinski definition) is 2. The Bertz CT molecular complexity index is 397. The number of benzene rings is 1. The first-order chi connectivity index (χ1) is 8.11. The molecule has 17 heavy (non-hydrogen) atoms. The third kappa shape index (κ3) is 2.80. The van der Waals surface area contributed by atoms with E-state index in [4.69, 9.17) is 0 Å². The molecule has 94 valence electrons. The third-order valence-corrected chi connectivity index (χ3v) is 4.20. The maximum Gasteiger partial charge on any atom is 0.125 e. The lowest BCUT2D eigenvalue weighted by Gasteiger charge is -2.38. The number of nitrogens with one attached hydrogen (secondary N) is 1. The van der Waals surface area contributed by atoms with E-state index in [9.17, 15) is 4.39 Å². The number of halogens is 2. The third-order valence-electron chi connectivity index (χ3n) is 3.52. The highest BCUT2D eigenvalue weighted by molar-refractivity contribution is 9.10. The quantitative estimate of drug-likeness (QED) is 0.903. The highest BCUT2D eigenvalue weighted by Crippen LogP contribution is 2.30. The molecule has 0 spiro atoms. The molecule has 2 unspecified atom stereocenters. The number of piperidine rings is 1. The Labute approximate surface area is 110 Å². The van der Waals surface area contributed by atoms with Crippen molar-refractivity contribution in [3.05, 3.63) is 28.5 Å². The van der Waals surface area contributed by atoms with Crippen molar-refractivity contribution in [2.75, 3.05) is 25.0 Å². The highest BCUT2D eigenvalue weighted by Gasteiger charge is 2.25. The summed E-state index contributed by atoms with van der Waals surface area (Å²) in [5.41, 5.74) is 0.964. The molecule has 0 aromatic heterocycles. The zero-order chi connectivity index (χ0) is 12.4. The second-order valence-corrected chi connectivity index (χ2v) is 5.56. The van der Waals surface area contributed by atoms with Gasteiger partial charge in [0.25, 0.3) is 0 Å². The normalized spacial score (nSPS) is 25.1. The Hall–Kier alpha value is -0.610. The van der Waals surface area contributed by atoms with E-state index in [2.05, 4.69) is 33.1 Å². The van der Waals surface area contributed by atoms with Gasteiger partial charge < -0.3 is 10.2 Å². The zero-order valence-electron chi connectivity index (χ0n) is 10.2. The molecule has 1 saturated heterocycles. The summed E-state index contributed by atoms with van der Waals surface area (Å²) in [6.07, 6.45) is 1.10. The van der Waals surface area contributed by atoms with Crippen LogP contribution in [0, 0.1) is 11.7 Å². The first-order valence-corrected chi connectivity index (χ1v) is 6.78. The van der Waals surface area contributed by atoms with Gasteiger partial charge in [-0.05, 0) is 53.5 Å². The van der Waals surface area contributed by atoms with E-state index in [0.717, 1.165) is 29.7 Å². The summed E-state index contributed by atoms with van der Waals surface area (Å²) in [5.74, 6) is 0.399. The number of hydrogen-bond donors (Lipinski definition) is 1. The molecule has 2 atom stereocenters. The van der Waals surface area contributed by atoms with E-state index in [0.29, 0.717) is 12.0 Å². The van der Waals surface area contributed by atoms with Gasteiger partial charge in [-0.2, -0.15) is 0 Å². The Kier molecular flexibility index (Phi) is 4.05. The summed E-state index contributed by atoms with van der Waals surface area (Å²) in [4.78, 5) is 2.26. The van der Waals surface area contributed by atoms with E-state index in [1.165, 1.54) is 6.07 Å². The fraction of sp³-hybridized carbons (Fsp3) is 0.538. The van der Waals surface area contributed by atoms with Crippen molar-refractivity contribution in [2.24, 2.45) is 5.92 Å². The fourth-order valence-corrected chi connectivity index (χ4v) is 3.02. The highest BCUT2D eigenvalue weighted by atomic mass is 79.9. The lowest BCUT2D eigenvalue weighted by Crippen LogP contribution is -2.47. The SMILES string of the molecule is CNC1CCN(c2cc(F)ccc2Br)CC1C. The Morgan fingerprint density at radius 1 is 1.47 bits per heavy atom. The van der Waals surface area contributed by atoms with Gasteiger partial charge in [0.2, 0.25) is 0 Å². The standard InChI is InChI=1S/C13H18BrFN2/c1-9-8-17(6-5-12(9)16-2)13-7-10(15)3-4-11(13)14/h3-4,7,9,12,16H,5-6,8H2,1-2H3. The van der Waals surface area contributed by atoms with E-state index in [1.54, 1.807) is 12.1 Å². The lowest BCUT2D eigenvalue weighted by molar-refractivity contribution is 0.338. The minimum atomic E-state index is -0.174. The average Bonchev–Trinajstić information content (AvgIpc) is 2.32. The van der Waals surface area contributed by atoms with Crippen LogP contribution in [0.2, 0.25) is 0 Å². The van der Waals surface area contributed by atoms with Crippen LogP contribution in [0.25, 0.3) is 0 Å². The summed E-state index contributed by atoms with van der Waals surface area (Å²) >= 11 is 3.49. The predicted octanol–water partition coefficient (Wildman–Crippen LogP) is 3.02. The number of anilines is 1. The zero-order valence-corrected chi connectivity index (χ0v) is 11.8. The van der Waals surface area contributed by atoms with Gasteiger partial charge in [-0.15, -0.1) is 0 Å². The molecule has 1 heterocycles. The molecule has 1 fully saturated rings. The van der Waals surface area contributed by atoms with E-state index >= 15 is 0 Å². The Morgan fingerprint density at radius 2 is 2.24 bits per heavy atom. The van der Waals surface area contributed by atoms with Crippen LogP contribution in [-0.2, 0) is 0 Å². The smallest absolute Gasteiger partial charge is 0.125 e. The summed E-state index contributed by atoms with van der Waals surface area (Å²) in [7, 11) is 2.01. The van der Waals surface area contributed by atoms with Crippen molar-refractivity contribution in [1.82, 2.24) is 5.32 Å². The fourth-order valence-electron chi connectivity index (χ4n) is 2.52. The molecule has 2 nitrogen and oxygen atoms in total. The molecule has 2 rings (SSSR count). The van der Waals surface area contributed by atoms with Crippen molar-refractivity contribution in [2.45, 2.75) is 19.4 Å². The summed E-state index contributed by atoms with van der Waals surface area (Å²) in [6, 6.07) is 5.44. The number of nitrogens with zero attached hydrogens (tertiary/aromatic N) is 1. The predicted molar refractivity (Wildman–Crippen MR) is 72.9 cm³/mol. The van der Waals surface area contributed by atoms with Gasteiger partial charge in [-0.1, -0.05) is 6.92 Å². The first kappa shape index (κ1) is 12.8. The van der Waals surface area contributed by atoms with Crippen LogP contribution in [0.1, 0.15) is 13.3 Å². The largest absolute Gasteiger partial charge is 0.370 e. The maximum absolute atomic E-state index is 13.3. The van der Waals surface area contributed by atoms with Gasteiger partial charge in [0.05, 0.1) is 5.69 Å². The van der Waals surface area contributed by atoms with Crippen molar-refractivity contribution < 1.29 is 4.39 Å². The molecule has 0 aliphatic carbocycles. The van der Waals surface area contributed by atoms with Crippen LogP contribution in [0.5, 0.6) is 0 Å². The van der Waals surface area contributed by atoms with Crippen LogP contribution in [0.15, 0.2) is 22.7 Å². The van der Waals surface area contributed by atoms with Gasteiger partial charge in [-0.25, -0.2) is 4.39 Å². The number of rotatable bonds is 2. The second-order valence-electron chi connectivity index (χ2n) is 4.70. The molecule has 1 aromatic rings. The molecule has 0 radical (unpaired) electrons. The molecule has 1 aliphatic rings. The van der Waals surface area contributed by atoms with Crippen molar-refractivity contribution in [3.63, 3.8) is 0 Å². The van der Waals surface area contributed by atoms with Crippen LogP contribution >= 0.6 is 15.9 Å². The Balaban J connectivity index is 2.16. The molecule has 1 aromatic carbocycles. The van der Waals surface area contributed by atoms with Gasteiger partial charge in [-0.3, -0.25) is 0 Å². The topological polar surface area (TPSA) is 15.3 Å². The summed E-state index contributed by atoms with van der Waals surface area (Å²) < 4.78 is 14.2. The minimum Gasteiger partial charge on any atom is -0.370 e. The first-order valence-electron chi connectivity index (χ1n) is 5.99. The molecule has 0 amide bonds. The average molecular weight is 301 g/mol. The van der Waals surface area contributed by atoms with E-state index in [1.807, 2.05) is 7.05 Å². The molecule has 4 heteroatoms. The monoisotopic (exact) mass is 300 g/mol. The minimum absolute atomic E-state index is 0.174. The van der Waals surface area contributed by atoms with Crippen LogP contribution in [0.3, 0.4) is 0 Å². The maximum atomic E-state index is 13.3. The van der Waals surface area contributed by atoms with Gasteiger partial charge >= 0.3 is 0 Å². The molecule has 1 aliphatic heterocycles. The lowest BCUT2D eigenvalue weighted by atomic mass is 9.93. The van der Waals surface area contributed by atoms with E-state index < -0.39 is 0 Å². The molecule has 0 bridgehead atoms. The molecular weight excluding hydrogens is 283 g/mol. The van der Waals surface area contributed by atoms with Gasteiger partial charge in [0, 0.05) is 23.6 Å². The molecule has 0 saturated carbocycles. The van der Waals surface area contributed by atoms with Crippen LogP contribution in [0.4, 0.5) is 10.1 Å². The van der Waals surface area contributed by atoms with Gasteiger partial charge in [0.15, 0.2) is 0 Å².